The number of ether oxygens (including phenoxy) is 2. The molecule has 0 spiro atoms. The van der Waals surface area contributed by atoms with Crippen molar-refractivity contribution in [1.82, 2.24) is 15.1 Å². The van der Waals surface area contributed by atoms with Gasteiger partial charge in [-0.05, 0) is 31.7 Å². The summed E-state index contributed by atoms with van der Waals surface area (Å²) < 4.78 is 13.4. The van der Waals surface area contributed by atoms with E-state index in [1.54, 1.807) is 0 Å². The lowest BCUT2D eigenvalue weighted by Gasteiger charge is -2.10. The maximum absolute atomic E-state index is 5.85. The van der Waals surface area contributed by atoms with Gasteiger partial charge in [0.25, 0.3) is 0 Å². The number of rotatable bonds is 5. The van der Waals surface area contributed by atoms with Gasteiger partial charge in [-0.15, -0.1) is 0 Å². The zero-order valence-electron chi connectivity index (χ0n) is 12.7. The molecule has 3 rings (SSSR count). The molecule has 112 valence electrons. The number of benzene rings is 1. The molecule has 0 saturated heterocycles. The van der Waals surface area contributed by atoms with Gasteiger partial charge in [0.2, 0.25) is 0 Å². The van der Waals surface area contributed by atoms with E-state index < -0.39 is 0 Å². The molecule has 1 atom stereocenters. The first-order chi connectivity index (χ1) is 10.2. The van der Waals surface area contributed by atoms with Crippen molar-refractivity contribution in [2.24, 2.45) is 7.05 Å². The first-order valence-electron chi connectivity index (χ1n) is 7.30. The van der Waals surface area contributed by atoms with Crippen molar-refractivity contribution in [3.63, 3.8) is 0 Å². The van der Waals surface area contributed by atoms with Crippen LogP contribution < -0.4 is 14.8 Å². The molecule has 1 aliphatic heterocycles. The summed E-state index contributed by atoms with van der Waals surface area (Å²) in [6.45, 7) is 6.21. The standard InChI is InChI=1S/C16H21N3O2/c1-4-17-15-10-21-16-8-13(5-6-14(15)16)20-9-12-7-11(2)18-19(12)3/h5-8,15,17H,4,9-10H2,1-3H3. The van der Waals surface area contributed by atoms with E-state index >= 15 is 0 Å². The second kappa shape index (κ2) is 5.77. The molecule has 0 fully saturated rings. The minimum atomic E-state index is 0.291. The minimum Gasteiger partial charge on any atom is -0.491 e. The Hall–Kier alpha value is -2.01. The lowest BCUT2D eigenvalue weighted by Crippen LogP contribution is -2.21. The Labute approximate surface area is 124 Å². The lowest BCUT2D eigenvalue weighted by molar-refractivity contribution is 0.289. The number of aromatic nitrogens is 2. The zero-order chi connectivity index (χ0) is 14.8. The third kappa shape index (κ3) is 2.88. The van der Waals surface area contributed by atoms with Crippen molar-refractivity contribution in [1.29, 1.82) is 0 Å². The molecule has 5 nitrogen and oxygen atoms in total. The predicted octanol–water partition coefficient (Wildman–Crippen LogP) is 2.35. The van der Waals surface area contributed by atoms with Gasteiger partial charge in [-0.2, -0.15) is 5.10 Å². The smallest absolute Gasteiger partial charge is 0.130 e. The molecule has 1 N–H and O–H groups in total. The maximum atomic E-state index is 5.85. The van der Waals surface area contributed by atoms with E-state index in [2.05, 4.69) is 23.4 Å². The van der Waals surface area contributed by atoms with Crippen molar-refractivity contribution < 1.29 is 9.47 Å². The summed E-state index contributed by atoms with van der Waals surface area (Å²) in [6, 6.07) is 8.38. The summed E-state index contributed by atoms with van der Waals surface area (Å²) in [6.07, 6.45) is 0. The molecule has 1 aromatic carbocycles. The lowest BCUT2D eigenvalue weighted by atomic mass is 10.1. The Morgan fingerprint density at radius 3 is 3.00 bits per heavy atom. The fourth-order valence-electron chi connectivity index (χ4n) is 2.65. The number of nitrogens with one attached hydrogen (secondary N) is 1. The average Bonchev–Trinajstić information content (AvgIpc) is 3.00. The largest absolute Gasteiger partial charge is 0.491 e. The molecular weight excluding hydrogens is 266 g/mol. The second-order valence-corrected chi connectivity index (χ2v) is 5.31. The Morgan fingerprint density at radius 1 is 1.43 bits per heavy atom. The molecule has 0 bridgehead atoms. The quantitative estimate of drug-likeness (QED) is 0.917. The maximum Gasteiger partial charge on any atom is 0.130 e. The molecule has 2 heterocycles. The van der Waals surface area contributed by atoms with E-state index in [-0.39, 0.29) is 0 Å². The monoisotopic (exact) mass is 287 g/mol. The molecule has 5 heteroatoms. The van der Waals surface area contributed by atoms with Crippen LogP contribution in [-0.2, 0) is 13.7 Å². The van der Waals surface area contributed by atoms with Crippen LogP contribution in [0.4, 0.5) is 0 Å². The number of fused-ring (bicyclic) bond motifs is 1. The van der Waals surface area contributed by atoms with Gasteiger partial charge in [0, 0.05) is 18.7 Å². The molecule has 0 radical (unpaired) electrons. The summed E-state index contributed by atoms with van der Waals surface area (Å²) in [4.78, 5) is 0. The van der Waals surface area contributed by atoms with E-state index in [4.69, 9.17) is 9.47 Å². The Bertz CT molecular complexity index is 636. The molecule has 2 aromatic rings. The minimum absolute atomic E-state index is 0.291. The summed E-state index contributed by atoms with van der Waals surface area (Å²) in [5.74, 6) is 1.74. The van der Waals surface area contributed by atoms with Crippen LogP contribution in [0, 0.1) is 6.92 Å². The van der Waals surface area contributed by atoms with E-state index in [1.807, 2.05) is 36.9 Å². The van der Waals surface area contributed by atoms with Gasteiger partial charge >= 0.3 is 0 Å². The van der Waals surface area contributed by atoms with Crippen LogP contribution in [0.3, 0.4) is 0 Å². The van der Waals surface area contributed by atoms with Crippen molar-refractivity contribution >= 4 is 0 Å². The molecule has 0 aliphatic carbocycles. The van der Waals surface area contributed by atoms with Gasteiger partial charge in [-0.1, -0.05) is 6.92 Å². The summed E-state index contributed by atoms with van der Waals surface area (Å²) >= 11 is 0. The van der Waals surface area contributed by atoms with Crippen molar-refractivity contribution in [3.05, 3.63) is 41.2 Å². The van der Waals surface area contributed by atoms with Crippen LogP contribution in [0.5, 0.6) is 11.5 Å². The van der Waals surface area contributed by atoms with Crippen LogP contribution in [0.15, 0.2) is 24.3 Å². The van der Waals surface area contributed by atoms with Crippen molar-refractivity contribution in [3.8, 4) is 11.5 Å². The van der Waals surface area contributed by atoms with Gasteiger partial charge in [0.15, 0.2) is 0 Å². The highest BCUT2D eigenvalue weighted by molar-refractivity contribution is 5.45. The SMILES string of the molecule is CCNC1COc2cc(OCc3cc(C)nn3C)ccc21. The topological polar surface area (TPSA) is 48.3 Å². The number of nitrogens with zero attached hydrogens (tertiary/aromatic N) is 2. The highest BCUT2D eigenvalue weighted by atomic mass is 16.5. The van der Waals surface area contributed by atoms with E-state index in [9.17, 15) is 0 Å². The summed E-state index contributed by atoms with van der Waals surface area (Å²) in [5, 5.41) is 7.73. The van der Waals surface area contributed by atoms with Crippen LogP contribution in [0.25, 0.3) is 0 Å². The van der Waals surface area contributed by atoms with Gasteiger partial charge in [0.1, 0.15) is 24.7 Å². The van der Waals surface area contributed by atoms with E-state index in [0.29, 0.717) is 19.3 Å². The fourth-order valence-corrected chi connectivity index (χ4v) is 2.65. The van der Waals surface area contributed by atoms with Crippen LogP contribution in [0.1, 0.15) is 29.9 Å². The van der Waals surface area contributed by atoms with Gasteiger partial charge in [0.05, 0.1) is 17.4 Å². The normalized spacial score (nSPS) is 16.6. The summed E-state index contributed by atoms with van der Waals surface area (Å²) in [7, 11) is 1.93. The molecule has 1 aromatic heterocycles. The first-order valence-corrected chi connectivity index (χ1v) is 7.30. The number of aryl methyl sites for hydroxylation is 2. The highest BCUT2D eigenvalue weighted by Gasteiger charge is 2.23. The van der Waals surface area contributed by atoms with Gasteiger partial charge in [-0.25, -0.2) is 0 Å². The Kier molecular flexibility index (Phi) is 3.84. The molecular formula is C16H21N3O2. The zero-order valence-corrected chi connectivity index (χ0v) is 12.7. The summed E-state index contributed by atoms with van der Waals surface area (Å²) in [5.41, 5.74) is 3.27. The number of hydrogen-bond acceptors (Lipinski definition) is 4. The predicted molar refractivity (Wildman–Crippen MR) is 80.6 cm³/mol. The number of hydrogen-bond donors (Lipinski definition) is 1. The average molecular weight is 287 g/mol. The molecule has 0 saturated carbocycles. The van der Waals surface area contributed by atoms with Crippen LogP contribution >= 0.6 is 0 Å². The van der Waals surface area contributed by atoms with Crippen LogP contribution in [-0.4, -0.2) is 22.9 Å². The molecule has 21 heavy (non-hydrogen) atoms. The van der Waals surface area contributed by atoms with Crippen molar-refractivity contribution in [2.75, 3.05) is 13.2 Å². The van der Waals surface area contributed by atoms with Crippen LogP contribution in [0.2, 0.25) is 0 Å². The van der Waals surface area contributed by atoms with E-state index in [1.165, 1.54) is 5.56 Å². The Balaban J connectivity index is 1.69. The van der Waals surface area contributed by atoms with E-state index in [0.717, 1.165) is 29.4 Å². The van der Waals surface area contributed by atoms with Gasteiger partial charge < -0.3 is 14.8 Å². The fraction of sp³-hybridized carbons (Fsp3) is 0.438. The third-order valence-electron chi connectivity index (χ3n) is 3.70. The highest BCUT2D eigenvalue weighted by Crippen LogP contribution is 2.35. The second-order valence-electron chi connectivity index (χ2n) is 5.31. The van der Waals surface area contributed by atoms with Gasteiger partial charge in [-0.3, -0.25) is 4.68 Å². The third-order valence-corrected chi connectivity index (χ3v) is 3.70. The molecule has 1 aliphatic rings. The van der Waals surface area contributed by atoms with Crippen molar-refractivity contribution in [2.45, 2.75) is 26.5 Å². The Morgan fingerprint density at radius 2 is 2.29 bits per heavy atom. The first kappa shape index (κ1) is 13.9. The molecule has 1 unspecified atom stereocenters. The molecule has 0 amide bonds. The number of likely N-dealkylation sites (N-methyl/N-ethyl adjacent to an activating group) is 1.